The molecular weight excluding hydrogens is 284 g/mol. The van der Waals surface area contributed by atoms with E-state index in [2.05, 4.69) is 47.7 Å². The van der Waals surface area contributed by atoms with Crippen LogP contribution in [0.1, 0.15) is 17.5 Å². The molecular formula is C20H20N2O. The Labute approximate surface area is 136 Å². The molecule has 0 saturated heterocycles. The van der Waals surface area contributed by atoms with E-state index in [4.69, 9.17) is 11.7 Å². The highest BCUT2D eigenvalue weighted by molar-refractivity contribution is 5.98. The SMILES string of the molecule is [C-]#[N+]c1ccc2c(c1)c(-c1cccc(C)c1C)cn2CCCO. The van der Waals surface area contributed by atoms with Gasteiger partial charge >= 0.3 is 0 Å². The van der Waals surface area contributed by atoms with E-state index in [0.717, 1.165) is 29.4 Å². The molecule has 0 aliphatic rings. The molecule has 0 saturated carbocycles. The van der Waals surface area contributed by atoms with E-state index in [1.165, 1.54) is 16.7 Å². The number of fused-ring (bicyclic) bond motifs is 1. The molecule has 116 valence electrons. The molecule has 2 aromatic carbocycles. The zero-order valence-electron chi connectivity index (χ0n) is 13.5. The van der Waals surface area contributed by atoms with Gasteiger partial charge in [-0.05, 0) is 54.5 Å². The van der Waals surface area contributed by atoms with Crippen molar-refractivity contribution in [1.82, 2.24) is 4.57 Å². The molecule has 0 atom stereocenters. The maximum absolute atomic E-state index is 9.13. The number of hydrogen-bond acceptors (Lipinski definition) is 1. The zero-order valence-corrected chi connectivity index (χ0v) is 13.5. The minimum atomic E-state index is 0.179. The van der Waals surface area contributed by atoms with Gasteiger partial charge < -0.3 is 9.67 Å². The molecule has 0 amide bonds. The summed E-state index contributed by atoms with van der Waals surface area (Å²) in [5, 5.41) is 10.2. The van der Waals surface area contributed by atoms with Gasteiger partial charge in [0.05, 0.1) is 6.57 Å². The average molecular weight is 304 g/mol. The van der Waals surface area contributed by atoms with Crippen molar-refractivity contribution in [2.75, 3.05) is 6.61 Å². The van der Waals surface area contributed by atoms with Crippen LogP contribution in [-0.2, 0) is 6.54 Å². The first-order chi connectivity index (χ1) is 11.2. The minimum Gasteiger partial charge on any atom is -0.396 e. The van der Waals surface area contributed by atoms with Gasteiger partial charge in [-0.25, -0.2) is 4.85 Å². The molecule has 1 aromatic heterocycles. The predicted molar refractivity (Wildman–Crippen MR) is 94.8 cm³/mol. The standard InChI is InChI=1S/C20H20N2O/c1-14-6-4-7-17(15(14)2)19-13-22(10-5-11-23)20-9-8-16(21-3)12-18(19)20/h4,6-9,12-13,23H,5,10-11H2,1-2H3. The van der Waals surface area contributed by atoms with Gasteiger partial charge in [-0.15, -0.1) is 0 Å². The summed E-state index contributed by atoms with van der Waals surface area (Å²) in [7, 11) is 0. The summed E-state index contributed by atoms with van der Waals surface area (Å²) in [6, 6.07) is 12.2. The van der Waals surface area contributed by atoms with E-state index in [1.807, 2.05) is 18.2 Å². The van der Waals surface area contributed by atoms with Crippen LogP contribution in [0.4, 0.5) is 5.69 Å². The quantitative estimate of drug-likeness (QED) is 0.685. The van der Waals surface area contributed by atoms with Crippen LogP contribution in [0.25, 0.3) is 26.9 Å². The normalized spacial score (nSPS) is 10.9. The first kappa shape index (κ1) is 15.3. The number of aromatic nitrogens is 1. The fraction of sp³-hybridized carbons (Fsp3) is 0.250. The molecule has 3 nitrogen and oxygen atoms in total. The summed E-state index contributed by atoms with van der Waals surface area (Å²) in [6.07, 6.45) is 2.87. The van der Waals surface area contributed by atoms with Gasteiger partial charge in [0.15, 0.2) is 5.69 Å². The van der Waals surface area contributed by atoms with Gasteiger partial charge in [-0.3, -0.25) is 0 Å². The van der Waals surface area contributed by atoms with Crippen molar-refractivity contribution in [3.8, 4) is 11.1 Å². The molecule has 0 radical (unpaired) electrons. The van der Waals surface area contributed by atoms with Gasteiger partial charge in [0.25, 0.3) is 0 Å². The Bertz CT molecular complexity index is 900. The fourth-order valence-corrected chi connectivity index (χ4v) is 3.04. The molecule has 0 bridgehead atoms. The number of aliphatic hydroxyl groups excluding tert-OH is 1. The van der Waals surface area contributed by atoms with Crippen molar-refractivity contribution in [1.29, 1.82) is 0 Å². The van der Waals surface area contributed by atoms with Crippen molar-refractivity contribution >= 4 is 16.6 Å². The summed E-state index contributed by atoms with van der Waals surface area (Å²) in [4.78, 5) is 3.57. The van der Waals surface area contributed by atoms with Crippen molar-refractivity contribution < 1.29 is 5.11 Å². The number of aliphatic hydroxyl groups is 1. The third kappa shape index (κ3) is 2.74. The van der Waals surface area contributed by atoms with Crippen molar-refractivity contribution in [2.45, 2.75) is 26.8 Å². The lowest BCUT2D eigenvalue weighted by Gasteiger charge is -2.07. The van der Waals surface area contributed by atoms with Crippen LogP contribution in [0.15, 0.2) is 42.6 Å². The molecule has 0 fully saturated rings. The topological polar surface area (TPSA) is 29.5 Å². The lowest BCUT2D eigenvalue weighted by Crippen LogP contribution is -1.98. The molecule has 1 heterocycles. The Hall–Kier alpha value is -2.57. The number of nitrogens with zero attached hydrogens (tertiary/aromatic N) is 2. The highest BCUT2D eigenvalue weighted by atomic mass is 16.3. The van der Waals surface area contributed by atoms with Gasteiger partial charge in [0, 0.05) is 30.4 Å². The maximum Gasteiger partial charge on any atom is 0.188 e. The smallest absolute Gasteiger partial charge is 0.188 e. The molecule has 23 heavy (non-hydrogen) atoms. The molecule has 0 unspecified atom stereocenters. The Morgan fingerprint density at radius 1 is 1.13 bits per heavy atom. The molecule has 0 aliphatic carbocycles. The first-order valence-electron chi connectivity index (χ1n) is 7.83. The third-order valence-electron chi connectivity index (χ3n) is 4.45. The predicted octanol–water partition coefficient (Wildman–Crippen LogP) is 4.86. The summed E-state index contributed by atoms with van der Waals surface area (Å²) >= 11 is 0. The molecule has 3 aromatic rings. The van der Waals surface area contributed by atoms with Crippen LogP contribution < -0.4 is 0 Å². The van der Waals surface area contributed by atoms with E-state index in [1.54, 1.807) is 0 Å². The number of aryl methyl sites for hydroxylation is 2. The highest BCUT2D eigenvalue weighted by Gasteiger charge is 2.13. The summed E-state index contributed by atoms with van der Waals surface area (Å²) in [5.74, 6) is 0. The summed E-state index contributed by atoms with van der Waals surface area (Å²) < 4.78 is 2.18. The van der Waals surface area contributed by atoms with Crippen LogP contribution in [0, 0.1) is 20.4 Å². The van der Waals surface area contributed by atoms with E-state index < -0.39 is 0 Å². The number of benzene rings is 2. The van der Waals surface area contributed by atoms with E-state index in [0.29, 0.717) is 5.69 Å². The van der Waals surface area contributed by atoms with Crippen LogP contribution in [-0.4, -0.2) is 16.3 Å². The van der Waals surface area contributed by atoms with Crippen LogP contribution in [0.3, 0.4) is 0 Å². The van der Waals surface area contributed by atoms with Crippen molar-refractivity contribution in [3.63, 3.8) is 0 Å². The Kier molecular flexibility index (Phi) is 4.18. The second-order valence-corrected chi connectivity index (χ2v) is 5.87. The lowest BCUT2D eigenvalue weighted by atomic mass is 9.97. The second kappa shape index (κ2) is 6.28. The largest absolute Gasteiger partial charge is 0.396 e. The molecule has 3 heteroatoms. The zero-order chi connectivity index (χ0) is 16.4. The van der Waals surface area contributed by atoms with Gasteiger partial charge in [-0.1, -0.05) is 24.3 Å². The van der Waals surface area contributed by atoms with Gasteiger partial charge in [0.1, 0.15) is 0 Å². The molecule has 0 spiro atoms. The van der Waals surface area contributed by atoms with E-state index in [-0.39, 0.29) is 6.61 Å². The Balaban J connectivity index is 2.26. The van der Waals surface area contributed by atoms with Crippen LogP contribution in [0.5, 0.6) is 0 Å². The summed E-state index contributed by atoms with van der Waals surface area (Å²) in [6.45, 7) is 12.5. The lowest BCUT2D eigenvalue weighted by molar-refractivity contribution is 0.280. The van der Waals surface area contributed by atoms with Crippen LogP contribution in [0.2, 0.25) is 0 Å². The van der Waals surface area contributed by atoms with Crippen molar-refractivity contribution in [2.24, 2.45) is 0 Å². The van der Waals surface area contributed by atoms with E-state index >= 15 is 0 Å². The number of hydrogen-bond donors (Lipinski definition) is 1. The minimum absolute atomic E-state index is 0.179. The second-order valence-electron chi connectivity index (χ2n) is 5.87. The molecule has 3 rings (SSSR count). The Morgan fingerprint density at radius 2 is 1.96 bits per heavy atom. The monoisotopic (exact) mass is 304 g/mol. The Morgan fingerprint density at radius 3 is 2.70 bits per heavy atom. The highest BCUT2D eigenvalue weighted by Crippen LogP contribution is 2.35. The first-order valence-corrected chi connectivity index (χ1v) is 7.83. The summed E-state index contributed by atoms with van der Waals surface area (Å²) in [5.41, 5.74) is 6.66. The van der Waals surface area contributed by atoms with Gasteiger partial charge in [-0.2, -0.15) is 0 Å². The van der Waals surface area contributed by atoms with E-state index in [9.17, 15) is 0 Å². The van der Waals surface area contributed by atoms with Crippen LogP contribution >= 0.6 is 0 Å². The average Bonchev–Trinajstić information content (AvgIpc) is 2.93. The molecule has 0 aliphatic heterocycles. The van der Waals surface area contributed by atoms with Crippen molar-refractivity contribution in [3.05, 3.63) is 65.1 Å². The molecule has 1 N–H and O–H groups in total. The fourth-order valence-electron chi connectivity index (χ4n) is 3.04. The van der Waals surface area contributed by atoms with Gasteiger partial charge in [0.2, 0.25) is 0 Å². The number of rotatable bonds is 4. The maximum atomic E-state index is 9.13. The third-order valence-corrected chi connectivity index (χ3v) is 4.45.